The summed E-state index contributed by atoms with van der Waals surface area (Å²) in [5.41, 5.74) is 2.77. The molecule has 2 aliphatic rings. The van der Waals surface area contributed by atoms with Crippen molar-refractivity contribution in [3.8, 4) is 11.3 Å². The SMILES string of the molecule is CC(=O)Nc1nc(-c2cccnc2)ccc1N1CCC2CCC(C1)N2C. The summed E-state index contributed by atoms with van der Waals surface area (Å²) in [7, 11) is 2.24. The van der Waals surface area contributed by atoms with E-state index in [1.54, 1.807) is 12.4 Å². The minimum Gasteiger partial charge on any atom is -0.367 e. The number of likely N-dealkylation sites (N-methyl/N-ethyl adjacent to an activating group) is 1. The van der Waals surface area contributed by atoms with Crippen LogP contribution in [0.1, 0.15) is 26.2 Å². The van der Waals surface area contributed by atoms with Gasteiger partial charge < -0.3 is 10.2 Å². The molecule has 2 aromatic rings. The molecule has 2 atom stereocenters. The van der Waals surface area contributed by atoms with Gasteiger partial charge in [-0.3, -0.25) is 14.7 Å². The van der Waals surface area contributed by atoms with Crippen molar-refractivity contribution in [2.75, 3.05) is 30.4 Å². The van der Waals surface area contributed by atoms with Crippen molar-refractivity contribution < 1.29 is 4.79 Å². The van der Waals surface area contributed by atoms with E-state index in [1.165, 1.54) is 19.8 Å². The summed E-state index contributed by atoms with van der Waals surface area (Å²) in [6.45, 7) is 3.50. The van der Waals surface area contributed by atoms with E-state index < -0.39 is 0 Å². The maximum atomic E-state index is 11.8. The summed E-state index contributed by atoms with van der Waals surface area (Å²) in [6.07, 6.45) is 7.23. The van der Waals surface area contributed by atoms with Crippen LogP contribution in [0, 0.1) is 0 Å². The van der Waals surface area contributed by atoms with Gasteiger partial charge in [0.1, 0.15) is 0 Å². The number of nitrogens with one attached hydrogen (secondary N) is 1. The van der Waals surface area contributed by atoms with E-state index in [0.717, 1.165) is 36.5 Å². The molecule has 2 bridgehead atoms. The van der Waals surface area contributed by atoms with Gasteiger partial charge >= 0.3 is 0 Å². The number of pyridine rings is 2. The number of amides is 1. The van der Waals surface area contributed by atoms with Gasteiger partial charge in [0.25, 0.3) is 0 Å². The van der Waals surface area contributed by atoms with Crippen LogP contribution in [0.2, 0.25) is 0 Å². The molecule has 6 heteroatoms. The van der Waals surface area contributed by atoms with Gasteiger partial charge in [-0.1, -0.05) is 0 Å². The first-order chi connectivity index (χ1) is 12.6. The maximum absolute atomic E-state index is 11.8. The summed E-state index contributed by atoms with van der Waals surface area (Å²) < 4.78 is 0. The van der Waals surface area contributed by atoms with Crippen molar-refractivity contribution in [3.63, 3.8) is 0 Å². The average Bonchev–Trinajstić information content (AvgIpc) is 2.88. The summed E-state index contributed by atoms with van der Waals surface area (Å²) in [5, 5.41) is 2.93. The van der Waals surface area contributed by atoms with Crippen LogP contribution in [0.4, 0.5) is 11.5 Å². The lowest BCUT2D eigenvalue weighted by atomic mass is 10.1. The zero-order chi connectivity index (χ0) is 18.1. The number of aromatic nitrogens is 2. The molecule has 0 radical (unpaired) electrons. The predicted molar refractivity (Wildman–Crippen MR) is 103 cm³/mol. The van der Waals surface area contributed by atoms with Crippen LogP contribution in [0.25, 0.3) is 11.3 Å². The van der Waals surface area contributed by atoms with Gasteiger partial charge in [-0.15, -0.1) is 0 Å². The Labute approximate surface area is 154 Å². The van der Waals surface area contributed by atoms with Gasteiger partial charge in [0, 0.05) is 50.1 Å². The van der Waals surface area contributed by atoms with Gasteiger partial charge in [-0.25, -0.2) is 4.98 Å². The lowest BCUT2D eigenvalue weighted by Crippen LogP contribution is -2.37. The lowest BCUT2D eigenvalue weighted by molar-refractivity contribution is -0.114. The van der Waals surface area contributed by atoms with Gasteiger partial charge in [0.2, 0.25) is 5.91 Å². The second-order valence-electron chi connectivity index (χ2n) is 7.27. The van der Waals surface area contributed by atoms with Crippen molar-refractivity contribution in [2.45, 2.75) is 38.3 Å². The number of hydrogen-bond acceptors (Lipinski definition) is 5. The van der Waals surface area contributed by atoms with Crippen LogP contribution in [0.3, 0.4) is 0 Å². The molecule has 0 spiro atoms. The van der Waals surface area contributed by atoms with Gasteiger partial charge in [0.05, 0.1) is 11.4 Å². The van der Waals surface area contributed by atoms with E-state index >= 15 is 0 Å². The number of carbonyl (C=O) groups is 1. The van der Waals surface area contributed by atoms with E-state index in [4.69, 9.17) is 4.98 Å². The molecule has 26 heavy (non-hydrogen) atoms. The van der Waals surface area contributed by atoms with Crippen LogP contribution >= 0.6 is 0 Å². The molecule has 1 N–H and O–H groups in total. The highest BCUT2D eigenvalue weighted by Crippen LogP contribution is 2.34. The van der Waals surface area contributed by atoms with E-state index in [-0.39, 0.29) is 5.91 Å². The van der Waals surface area contributed by atoms with Crippen LogP contribution in [0.15, 0.2) is 36.7 Å². The molecule has 0 aliphatic carbocycles. The minimum absolute atomic E-state index is 0.101. The second-order valence-corrected chi connectivity index (χ2v) is 7.27. The Balaban J connectivity index is 1.67. The van der Waals surface area contributed by atoms with Crippen molar-refractivity contribution in [2.24, 2.45) is 0 Å². The molecule has 6 nitrogen and oxygen atoms in total. The Morgan fingerprint density at radius 1 is 1.19 bits per heavy atom. The molecule has 0 aromatic carbocycles. The molecule has 2 fully saturated rings. The number of rotatable bonds is 3. The summed E-state index contributed by atoms with van der Waals surface area (Å²) in [4.78, 5) is 25.6. The molecule has 0 saturated carbocycles. The van der Waals surface area contributed by atoms with E-state index in [2.05, 4.69) is 33.2 Å². The van der Waals surface area contributed by atoms with Crippen molar-refractivity contribution in [1.29, 1.82) is 0 Å². The number of fused-ring (bicyclic) bond motifs is 2. The molecule has 4 rings (SSSR count). The van der Waals surface area contributed by atoms with Crippen molar-refractivity contribution in [1.82, 2.24) is 14.9 Å². The molecule has 2 aliphatic heterocycles. The quantitative estimate of drug-likeness (QED) is 0.921. The monoisotopic (exact) mass is 351 g/mol. The van der Waals surface area contributed by atoms with Crippen molar-refractivity contribution >= 4 is 17.4 Å². The number of nitrogens with zero attached hydrogens (tertiary/aromatic N) is 4. The third kappa shape index (κ3) is 3.29. The first kappa shape index (κ1) is 17.0. The third-order valence-electron chi connectivity index (χ3n) is 5.61. The first-order valence-electron chi connectivity index (χ1n) is 9.28. The summed E-state index contributed by atoms with van der Waals surface area (Å²) in [6, 6.07) is 9.23. The fourth-order valence-electron chi connectivity index (χ4n) is 4.17. The van der Waals surface area contributed by atoms with Crippen LogP contribution < -0.4 is 10.2 Å². The van der Waals surface area contributed by atoms with Crippen molar-refractivity contribution in [3.05, 3.63) is 36.7 Å². The Morgan fingerprint density at radius 2 is 2.04 bits per heavy atom. The zero-order valence-corrected chi connectivity index (χ0v) is 15.4. The topological polar surface area (TPSA) is 61.4 Å². The normalized spacial score (nSPS) is 22.9. The average molecular weight is 351 g/mol. The van der Waals surface area contributed by atoms with Gasteiger partial charge in [-0.05, 0) is 50.6 Å². The van der Waals surface area contributed by atoms with Crippen LogP contribution in [-0.2, 0) is 4.79 Å². The molecular formula is C20H25N5O. The van der Waals surface area contributed by atoms with E-state index in [0.29, 0.717) is 17.9 Å². The Hall–Kier alpha value is -2.47. The van der Waals surface area contributed by atoms with E-state index in [1.807, 2.05) is 18.2 Å². The van der Waals surface area contributed by atoms with Crippen LogP contribution in [0.5, 0.6) is 0 Å². The Kier molecular flexibility index (Phi) is 4.59. The molecule has 2 aromatic heterocycles. The fraction of sp³-hybridized carbons (Fsp3) is 0.450. The zero-order valence-electron chi connectivity index (χ0n) is 15.4. The van der Waals surface area contributed by atoms with Gasteiger partial charge in [0.15, 0.2) is 5.82 Å². The highest BCUT2D eigenvalue weighted by Gasteiger charge is 2.35. The Bertz CT molecular complexity index is 794. The molecule has 1 amide bonds. The second kappa shape index (κ2) is 7.03. The minimum atomic E-state index is -0.101. The largest absolute Gasteiger partial charge is 0.367 e. The number of carbonyl (C=O) groups excluding carboxylic acids is 1. The third-order valence-corrected chi connectivity index (χ3v) is 5.61. The highest BCUT2D eigenvalue weighted by molar-refractivity contribution is 5.91. The summed E-state index contributed by atoms with van der Waals surface area (Å²) in [5.74, 6) is 0.537. The smallest absolute Gasteiger partial charge is 0.222 e. The standard InChI is InChI=1S/C20H25N5O/c1-14(26)22-20-19(8-7-18(23-20)15-4-3-10-21-12-15)25-11-9-16-5-6-17(13-25)24(16)2/h3-4,7-8,10,12,16-17H,5-6,9,11,13H2,1-2H3,(H,22,23,26). The first-order valence-corrected chi connectivity index (χ1v) is 9.28. The predicted octanol–water partition coefficient (Wildman–Crippen LogP) is 2.77. The molecule has 136 valence electrons. The number of anilines is 2. The molecule has 2 saturated heterocycles. The lowest BCUT2D eigenvalue weighted by Gasteiger charge is -2.29. The molecule has 2 unspecified atom stereocenters. The Morgan fingerprint density at radius 3 is 2.81 bits per heavy atom. The van der Waals surface area contributed by atoms with Crippen LogP contribution in [-0.4, -0.2) is 53.0 Å². The van der Waals surface area contributed by atoms with E-state index in [9.17, 15) is 4.79 Å². The molecule has 4 heterocycles. The molecular weight excluding hydrogens is 326 g/mol. The fourth-order valence-corrected chi connectivity index (χ4v) is 4.17. The highest BCUT2D eigenvalue weighted by atomic mass is 16.1. The maximum Gasteiger partial charge on any atom is 0.222 e. The number of hydrogen-bond donors (Lipinski definition) is 1. The summed E-state index contributed by atoms with van der Waals surface area (Å²) >= 11 is 0. The van der Waals surface area contributed by atoms with Gasteiger partial charge in [-0.2, -0.15) is 0 Å².